The maximum atomic E-state index is 12.1. The molecular weight excluding hydrogens is 437 g/mol. The van der Waals surface area contributed by atoms with Crippen molar-refractivity contribution in [1.29, 1.82) is 0 Å². The summed E-state index contributed by atoms with van der Waals surface area (Å²) in [6, 6.07) is 5.07. The number of hydrogen-bond donors (Lipinski definition) is 1. The van der Waals surface area contributed by atoms with Crippen LogP contribution >= 0.6 is 22.6 Å². The van der Waals surface area contributed by atoms with E-state index in [0.717, 1.165) is 0 Å². The Hall–Kier alpha value is -2.02. The van der Waals surface area contributed by atoms with E-state index in [9.17, 15) is 13.5 Å². The van der Waals surface area contributed by atoms with Crippen molar-refractivity contribution in [2.75, 3.05) is 12.4 Å². The van der Waals surface area contributed by atoms with Crippen LogP contribution in [0, 0.1) is 10.5 Å². The van der Waals surface area contributed by atoms with E-state index in [1.165, 1.54) is 13.2 Å². The number of anilines is 1. The molecule has 0 saturated heterocycles. The monoisotopic (exact) mass is 448 g/mol. The highest BCUT2D eigenvalue weighted by molar-refractivity contribution is 14.1. The predicted molar refractivity (Wildman–Crippen MR) is 88.5 cm³/mol. The molecule has 0 aliphatic heterocycles. The number of nitrogens with one attached hydrogen (secondary N) is 1. The molecule has 9 nitrogen and oxygen atoms in total. The Labute approximate surface area is 146 Å². The standard InChI is InChI=1S/C12H12IN5O4S/c1-7-14-10(17-12(15-7)22-2)16-11(19)18-23(20,21)9-6-4-3-5-8(9)13/h3-6H,1-2H3,(H2,14,15,16,17,18,19)/p-1. The number of ether oxygens (including phenoxy) is 1. The summed E-state index contributed by atoms with van der Waals surface area (Å²) in [4.78, 5) is 11.4. The van der Waals surface area contributed by atoms with Crippen LogP contribution in [0.2, 0.25) is 0 Å². The number of sulfonamides is 1. The van der Waals surface area contributed by atoms with Gasteiger partial charge >= 0.3 is 6.01 Å². The quantitative estimate of drug-likeness (QED) is 0.402. The Kier molecular flexibility index (Phi) is 5.30. The molecule has 0 aliphatic rings. The highest BCUT2D eigenvalue weighted by atomic mass is 127. The van der Waals surface area contributed by atoms with Crippen molar-refractivity contribution in [1.82, 2.24) is 15.0 Å². The lowest BCUT2D eigenvalue weighted by Gasteiger charge is -2.12. The Balaban J connectivity index is 2.30. The number of methoxy groups -OCH3 is 1. The van der Waals surface area contributed by atoms with E-state index in [4.69, 9.17) is 4.74 Å². The highest BCUT2D eigenvalue weighted by Crippen LogP contribution is 2.19. The average molecular weight is 448 g/mol. The Morgan fingerprint density at radius 1 is 1.30 bits per heavy atom. The zero-order valence-electron chi connectivity index (χ0n) is 12.0. The molecule has 0 bridgehead atoms. The molecule has 23 heavy (non-hydrogen) atoms. The Morgan fingerprint density at radius 3 is 2.65 bits per heavy atom. The molecule has 1 heterocycles. The minimum atomic E-state index is -4.13. The summed E-state index contributed by atoms with van der Waals surface area (Å²) >= 11 is 1.85. The summed E-state index contributed by atoms with van der Waals surface area (Å²) in [5, 5.41) is 14.0. The molecule has 2 aromatic rings. The van der Waals surface area contributed by atoms with Crippen LogP contribution in [0.4, 0.5) is 5.95 Å². The molecule has 122 valence electrons. The maximum absolute atomic E-state index is 12.1. The molecule has 0 saturated carbocycles. The first kappa shape index (κ1) is 17.3. The summed E-state index contributed by atoms with van der Waals surface area (Å²) < 4.78 is 32.8. The van der Waals surface area contributed by atoms with Crippen LogP contribution < -0.4 is 15.2 Å². The van der Waals surface area contributed by atoms with E-state index in [-0.39, 0.29) is 16.9 Å². The second kappa shape index (κ2) is 7.04. The van der Waals surface area contributed by atoms with Gasteiger partial charge in [-0.1, -0.05) is 12.1 Å². The topological polar surface area (TPSA) is 129 Å². The smallest absolute Gasteiger partial charge is 0.321 e. The second-order valence-electron chi connectivity index (χ2n) is 4.12. The van der Waals surface area contributed by atoms with Gasteiger partial charge in [-0.05, 0) is 41.6 Å². The minimum Gasteiger partial charge on any atom is -0.845 e. The van der Waals surface area contributed by atoms with Gasteiger partial charge in [-0.25, -0.2) is 0 Å². The lowest BCUT2D eigenvalue weighted by molar-refractivity contribution is -0.213. The van der Waals surface area contributed by atoms with E-state index < -0.39 is 16.0 Å². The molecule has 1 N–H and O–H groups in total. The largest absolute Gasteiger partial charge is 0.845 e. The van der Waals surface area contributed by atoms with Crippen molar-refractivity contribution in [3.05, 3.63) is 33.7 Å². The number of amidine groups is 1. The van der Waals surface area contributed by atoms with Crippen LogP contribution in [0.1, 0.15) is 5.82 Å². The third-order valence-electron chi connectivity index (χ3n) is 2.45. The number of benzene rings is 1. The Morgan fingerprint density at radius 2 is 2.00 bits per heavy atom. The van der Waals surface area contributed by atoms with Crippen molar-refractivity contribution < 1.29 is 18.3 Å². The predicted octanol–water partition coefficient (Wildman–Crippen LogP) is 0.310. The summed E-state index contributed by atoms with van der Waals surface area (Å²) in [6.07, 6.45) is 0. The van der Waals surface area contributed by atoms with Crippen LogP contribution in [0.3, 0.4) is 0 Å². The first-order valence-electron chi connectivity index (χ1n) is 6.12. The molecule has 0 atom stereocenters. The third kappa shape index (κ3) is 4.48. The maximum Gasteiger partial charge on any atom is 0.321 e. The van der Waals surface area contributed by atoms with Crippen molar-refractivity contribution in [2.24, 2.45) is 4.40 Å². The molecule has 2 rings (SSSR count). The zero-order valence-corrected chi connectivity index (χ0v) is 15.0. The lowest BCUT2D eigenvalue weighted by atomic mass is 10.4. The van der Waals surface area contributed by atoms with Crippen LogP contribution in [0.25, 0.3) is 0 Å². The summed E-state index contributed by atoms with van der Waals surface area (Å²) in [5.74, 6) is 0.147. The van der Waals surface area contributed by atoms with E-state index >= 15 is 0 Å². The van der Waals surface area contributed by atoms with Crippen molar-refractivity contribution in [3.8, 4) is 6.01 Å². The van der Waals surface area contributed by atoms with Crippen molar-refractivity contribution in [2.45, 2.75) is 11.8 Å². The van der Waals surface area contributed by atoms with E-state index in [1.54, 1.807) is 25.1 Å². The van der Waals surface area contributed by atoms with Crippen LogP contribution in [-0.2, 0) is 10.0 Å². The van der Waals surface area contributed by atoms with Gasteiger partial charge in [0.2, 0.25) is 5.95 Å². The van der Waals surface area contributed by atoms with Crippen LogP contribution in [0.5, 0.6) is 6.01 Å². The average Bonchev–Trinajstić information content (AvgIpc) is 2.46. The fourth-order valence-electron chi connectivity index (χ4n) is 1.54. The molecular formula is C12H11IN5O4S-. The van der Waals surface area contributed by atoms with E-state index in [1.807, 2.05) is 22.6 Å². The molecule has 0 aliphatic carbocycles. The van der Waals surface area contributed by atoms with Crippen LogP contribution in [0.15, 0.2) is 33.6 Å². The molecule has 0 unspecified atom stereocenters. The normalized spacial score (nSPS) is 12.0. The number of nitrogens with zero attached hydrogens (tertiary/aromatic N) is 4. The first-order valence-corrected chi connectivity index (χ1v) is 8.64. The highest BCUT2D eigenvalue weighted by Gasteiger charge is 2.15. The van der Waals surface area contributed by atoms with Gasteiger partial charge in [0, 0.05) is 3.57 Å². The number of aromatic nitrogens is 3. The molecule has 0 fully saturated rings. The van der Waals surface area contributed by atoms with Gasteiger partial charge in [-0.15, -0.1) is 0 Å². The lowest BCUT2D eigenvalue weighted by Crippen LogP contribution is -2.29. The minimum absolute atomic E-state index is 0.00624. The van der Waals surface area contributed by atoms with Crippen molar-refractivity contribution >= 4 is 44.6 Å². The van der Waals surface area contributed by atoms with Crippen LogP contribution in [-0.4, -0.2) is 36.5 Å². The molecule has 1 aromatic carbocycles. The molecule has 0 amide bonds. The molecule has 0 radical (unpaired) electrons. The summed E-state index contributed by atoms with van der Waals surface area (Å²) in [6.45, 7) is 1.57. The second-order valence-corrected chi connectivity index (χ2v) is 6.85. The first-order chi connectivity index (χ1) is 10.8. The van der Waals surface area contributed by atoms with E-state index in [0.29, 0.717) is 9.39 Å². The molecule has 0 spiro atoms. The van der Waals surface area contributed by atoms with Crippen molar-refractivity contribution in [3.63, 3.8) is 0 Å². The molecule has 11 heteroatoms. The number of rotatable bonds is 4. The van der Waals surface area contributed by atoms with Gasteiger partial charge in [-0.2, -0.15) is 27.8 Å². The number of aryl methyl sites for hydroxylation is 1. The van der Waals surface area contributed by atoms with Gasteiger partial charge in [-0.3, -0.25) is 0 Å². The van der Waals surface area contributed by atoms with Gasteiger partial charge < -0.3 is 15.2 Å². The number of hydrogen-bond acceptors (Lipinski definition) is 7. The fourth-order valence-corrected chi connectivity index (χ4v) is 3.68. The van der Waals surface area contributed by atoms with E-state index in [2.05, 4.69) is 24.7 Å². The van der Waals surface area contributed by atoms with Gasteiger partial charge in [0.1, 0.15) is 10.7 Å². The van der Waals surface area contributed by atoms with Gasteiger partial charge in [0.05, 0.1) is 13.1 Å². The number of halogens is 1. The zero-order chi connectivity index (χ0) is 17.0. The van der Waals surface area contributed by atoms with Gasteiger partial charge in [0.15, 0.2) is 0 Å². The molecule has 1 aromatic heterocycles. The summed E-state index contributed by atoms with van der Waals surface area (Å²) in [7, 11) is -2.78. The SMILES string of the molecule is COc1nc(C)nc(NC([O-])=NS(=O)(=O)c2ccccc2I)n1. The third-order valence-corrected chi connectivity index (χ3v) is 5.07. The van der Waals surface area contributed by atoms with Gasteiger partial charge in [0.25, 0.3) is 10.0 Å². The Bertz CT molecular complexity index is 856. The summed E-state index contributed by atoms with van der Waals surface area (Å²) in [5.41, 5.74) is 0. The fraction of sp³-hybridized carbons (Fsp3) is 0.167.